The van der Waals surface area contributed by atoms with Gasteiger partial charge in [0.1, 0.15) is 0 Å². The maximum atomic E-state index is 2.42. The number of nitrogens with zero attached hydrogens (tertiary/aromatic N) is 2. The molecule has 0 unspecified atom stereocenters. The molecule has 2 nitrogen and oxygen atoms in total. The van der Waals surface area contributed by atoms with Crippen LogP contribution in [0.2, 0.25) is 0 Å². The number of hydrogen-bond acceptors (Lipinski definition) is 0. The van der Waals surface area contributed by atoms with Gasteiger partial charge in [-0.05, 0) is 162 Å². The van der Waals surface area contributed by atoms with Crippen LogP contribution in [0.15, 0.2) is 315 Å². The molecule has 0 spiro atoms. The number of hydrogen-bond donors (Lipinski definition) is 0. The van der Waals surface area contributed by atoms with Gasteiger partial charge in [-0.3, -0.25) is 0 Å². The van der Waals surface area contributed by atoms with E-state index >= 15 is 0 Å². The van der Waals surface area contributed by atoms with Crippen LogP contribution >= 0.6 is 0 Å². The van der Waals surface area contributed by atoms with Gasteiger partial charge in [0.2, 0.25) is 0 Å². The average molecular weight is 1020 g/mol. The Morgan fingerprint density at radius 2 is 0.450 bits per heavy atom. The van der Waals surface area contributed by atoms with Gasteiger partial charge >= 0.3 is 0 Å². The summed E-state index contributed by atoms with van der Waals surface area (Å²) in [5.74, 6) is 0. The van der Waals surface area contributed by atoms with Crippen LogP contribution in [0.4, 0.5) is 0 Å². The van der Waals surface area contributed by atoms with E-state index in [4.69, 9.17) is 0 Å². The Kier molecular flexibility index (Phi) is 11.6. The fourth-order valence-electron chi connectivity index (χ4n) is 12.2. The molecule has 0 atom stereocenters. The number of para-hydroxylation sites is 2. The largest absolute Gasteiger partial charge is 0.309 e. The predicted molar refractivity (Wildman–Crippen MR) is 339 cm³/mol. The topological polar surface area (TPSA) is 9.86 Å². The van der Waals surface area contributed by atoms with E-state index in [1.54, 1.807) is 0 Å². The minimum atomic E-state index is 1.14. The van der Waals surface area contributed by atoms with E-state index in [1.165, 1.54) is 133 Å². The first-order chi connectivity index (χ1) is 39.6. The van der Waals surface area contributed by atoms with E-state index in [-0.39, 0.29) is 0 Å². The highest BCUT2D eigenvalue weighted by molar-refractivity contribution is 6.13. The van der Waals surface area contributed by atoms with Gasteiger partial charge in [0.05, 0.1) is 22.1 Å². The van der Waals surface area contributed by atoms with Gasteiger partial charge in [-0.25, -0.2) is 0 Å². The molecule has 0 fully saturated rings. The molecule has 15 aromatic rings. The minimum absolute atomic E-state index is 1.14. The van der Waals surface area contributed by atoms with Crippen LogP contribution in [0.25, 0.3) is 144 Å². The van der Waals surface area contributed by atoms with Crippen molar-refractivity contribution >= 4 is 43.6 Å². The molecule has 0 radical (unpaired) electrons. The second kappa shape index (κ2) is 19.8. The molecule has 0 bridgehead atoms. The second-order valence-electron chi connectivity index (χ2n) is 20.9. The molecule has 0 amide bonds. The molecule has 0 N–H and O–H groups in total. The highest BCUT2D eigenvalue weighted by Crippen LogP contribution is 2.40. The molecule has 2 heterocycles. The van der Waals surface area contributed by atoms with Gasteiger partial charge in [0.15, 0.2) is 0 Å². The molecule has 374 valence electrons. The fourth-order valence-corrected chi connectivity index (χ4v) is 12.2. The molecule has 0 saturated carbocycles. The normalized spacial score (nSPS) is 11.5. The van der Waals surface area contributed by atoms with Crippen LogP contribution < -0.4 is 0 Å². The van der Waals surface area contributed by atoms with Gasteiger partial charge in [-0.2, -0.15) is 0 Å². The maximum absolute atomic E-state index is 2.42. The molecule has 0 saturated heterocycles. The summed E-state index contributed by atoms with van der Waals surface area (Å²) in [6.45, 7) is 0. The van der Waals surface area contributed by atoms with Crippen LogP contribution in [0.3, 0.4) is 0 Å². The van der Waals surface area contributed by atoms with Crippen molar-refractivity contribution in [1.82, 2.24) is 9.13 Å². The zero-order chi connectivity index (χ0) is 52.9. The highest BCUT2D eigenvalue weighted by Gasteiger charge is 2.18. The summed E-state index contributed by atoms with van der Waals surface area (Å²) in [6.07, 6.45) is 0. The third kappa shape index (κ3) is 8.39. The van der Waals surface area contributed by atoms with E-state index in [9.17, 15) is 0 Å². The van der Waals surface area contributed by atoms with E-state index < -0.39 is 0 Å². The van der Waals surface area contributed by atoms with E-state index in [2.05, 4.69) is 325 Å². The summed E-state index contributed by atoms with van der Waals surface area (Å²) >= 11 is 0. The second-order valence-corrected chi connectivity index (χ2v) is 20.9. The molecule has 15 rings (SSSR count). The first kappa shape index (κ1) is 46.7. The molecule has 0 aliphatic carbocycles. The third-order valence-corrected chi connectivity index (χ3v) is 16.2. The first-order valence-corrected chi connectivity index (χ1v) is 27.5. The standard InChI is InChI=1S/C78H52N2/c1-3-16-53(17-4-1)54-40-44-67(45-41-54)79-75-30-11-9-28-71(75)73-51-65(42-46-77(73)79)66-43-47-78-74(52-66)72-29-10-12-31-76(72)80(78)68-25-15-24-64(50-68)57-34-32-55(33-35-57)60-20-13-22-62(48-60)63-23-14-21-61(49-63)56-36-38-59(39-37-56)70-27-8-7-26-69(70)58-18-5-2-6-19-58/h1-52H. The number of fused-ring (bicyclic) bond motifs is 6. The lowest BCUT2D eigenvalue weighted by molar-refractivity contribution is 1.18. The van der Waals surface area contributed by atoms with Crippen molar-refractivity contribution < 1.29 is 0 Å². The highest BCUT2D eigenvalue weighted by atomic mass is 15.0. The summed E-state index contributed by atoms with van der Waals surface area (Å²) in [5.41, 5.74) is 26.3. The Morgan fingerprint density at radius 3 is 0.963 bits per heavy atom. The monoisotopic (exact) mass is 1020 g/mol. The van der Waals surface area contributed by atoms with Crippen LogP contribution in [-0.4, -0.2) is 9.13 Å². The molecule has 80 heavy (non-hydrogen) atoms. The lowest BCUT2D eigenvalue weighted by atomic mass is 9.92. The Balaban J connectivity index is 0.701. The van der Waals surface area contributed by atoms with E-state index in [1.807, 2.05) is 0 Å². The van der Waals surface area contributed by atoms with Crippen molar-refractivity contribution in [1.29, 1.82) is 0 Å². The summed E-state index contributed by atoms with van der Waals surface area (Å²) in [5, 5.41) is 4.96. The van der Waals surface area contributed by atoms with Gasteiger partial charge in [-0.1, -0.05) is 243 Å². The van der Waals surface area contributed by atoms with Crippen LogP contribution in [-0.2, 0) is 0 Å². The van der Waals surface area contributed by atoms with Crippen molar-refractivity contribution in [3.05, 3.63) is 315 Å². The quantitative estimate of drug-likeness (QED) is 0.129. The van der Waals surface area contributed by atoms with Crippen molar-refractivity contribution in [2.75, 3.05) is 0 Å². The zero-order valence-electron chi connectivity index (χ0n) is 43.9. The molecule has 13 aromatic carbocycles. The molecule has 2 heteroatoms. The van der Waals surface area contributed by atoms with Crippen LogP contribution in [0.5, 0.6) is 0 Å². The summed E-state index contributed by atoms with van der Waals surface area (Å²) < 4.78 is 4.82. The van der Waals surface area contributed by atoms with Gasteiger partial charge in [0, 0.05) is 32.9 Å². The summed E-state index contributed by atoms with van der Waals surface area (Å²) in [7, 11) is 0. The Hall–Kier alpha value is -10.5. The van der Waals surface area contributed by atoms with Crippen LogP contribution in [0.1, 0.15) is 0 Å². The number of benzene rings is 13. The SMILES string of the molecule is c1ccc(-c2ccc(-n3c4ccccc4c4cc(-c5ccc6c(c5)c5ccccc5n6-c5cccc(-c6ccc(-c7cccc(-c8cccc(-c9ccc(-c%10ccccc%10-c%10ccccc%10)cc9)c8)c7)cc6)c5)ccc43)cc2)cc1. The van der Waals surface area contributed by atoms with Crippen molar-refractivity contribution in [3.8, 4) is 100 Å². The fraction of sp³-hybridized carbons (Fsp3) is 0. The molecular weight excluding hydrogens is 965 g/mol. The van der Waals surface area contributed by atoms with E-state index in [0.717, 1.165) is 11.4 Å². The Bertz CT molecular complexity index is 4770. The van der Waals surface area contributed by atoms with Gasteiger partial charge in [-0.15, -0.1) is 0 Å². The molecular formula is C78H52N2. The smallest absolute Gasteiger partial charge is 0.0541 e. The zero-order valence-corrected chi connectivity index (χ0v) is 43.9. The first-order valence-electron chi connectivity index (χ1n) is 27.5. The minimum Gasteiger partial charge on any atom is -0.309 e. The number of rotatable bonds is 10. The Morgan fingerprint density at radius 1 is 0.150 bits per heavy atom. The average Bonchev–Trinajstić information content (AvgIpc) is 4.09. The third-order valence-electron chi connectivity index (χ3n) is 16.2. The van der Waals surface area contributed by atoms with Crippen molar-refractivity contribution in [2.45, 2.75) is 0 Å². The van der Waals surface area contributed by atoms with Crippen LogP contribution in [0, 0.1) is 0 Å². The summed E-state index contributed by atoms with van der Waals surface area (Å²) in [4.78, 5) is 0. The molecule has 0 aliphatic heterocycles. The number of aromatic nitrogens is 2. The molecule has 2 aromatic heterocycles. The lowest BCUT2D eigenvalue weighted by Crippen LogP contribution is -1.94. The van der Waals surface area contributed by atoms with Gasteiger partial charge < -0.3 is 9.13 Å². The summed E-state index contributed by atoms with van der Waals surface area (Å²) in [6, 6.07) is 115. The van der Waals surface area contributed by atoms with Crippen molar-refractivity contribution in [3.63, 3.8) is 0 Å². The lowest BCUT2D eigenvalue weighted by Gasteiger charge is -2.12. The van der Waals surface area contributed by atoms with Crippen molar-refractivity contribution in [2.24, 2.45) is 0 Å². The predicted octanol–water partition coefficient (Wildman–Crippen LogP) is 21.2. The molecule has 0 aliphatic rings. The van der Waals surface area contributed by atoms with E-state index in [0.29, 0.717) is 0 Å². The Labute approximate surface area is 466 Å². The van der Waals surface area contributed by atoms with Gasteiger partial charge in [0.25, 0.3) is 0 Å². The maximum Gasteiger partial charge on any atom is 0.0541 e.